The summed E-state index contributed by atoms with van der Waals surface area (Å²) in [6.07, 6.45) is -0.969. The van der Waals surface area contributed by atoms with Crippen LogP contribution in [0.15, 0.2) is 0 Å². The molecule has 0 fully saturated rings. The topological polar surface area (TPSA) is 90.6 Å². The molecule has 0 aromatic carbocycles. The standard InChI is InChI=1S/C7H14N2O4/c1-4(2)5(8)6(10)13-7(11)9-12-3/h4-5H,8H2,1-3H3,(H,9,11). The highest BCUT2D eigenvalue weighted by atomic mass is 16.7. The molecule has 0 aromatic rings. The van der Waals surface area contributed by atoms with Crippen molar-refractivity contribution in [2.24, 2.45) is 11.7 Å². The van der Waals surface area contributed by atoms with Crippen molar-refractivity contribution in [3.8, 4) is 0 Å². The first-order chi connectivity index (χ1) is 5.99. The Morgan fingerprint density at radius 2 is 1.92 bits per heavy atom. The van der Waals surface area contributed by atoms with Crippen LogP contribution in [0.5, 0.6) is 0 Å². The lowest BCUT2D eigenvalue weighted by molar-refractivity contribution is -0.140. The Hall–Kier alpha value is -1.14. The second-order valence-electron chi connectivity index (χ2n) is 2.78. The summed E-state index contributed by atoms with van der Waals surface area (Å²) in [5.41, 5.74) is 7.24. The molecular weight excluding hydrogens is 176 g/mol. The van der Waals surface area contributed by atoms with E-state index in [1.807, 2.05) is 5.48 Å². The van der Waals surface area contributed by atoms with E-state index in [0.29, 0.717) is 0 Å². The monoisotopic (exact) mass is 190 g/mol. The molecule has 6 heteroatoms. The van der Waals surface area contributed by atoms with Gasteiger partial charge in [0.1, 0.15) is 6.04 Å². The number of rotatable bonds is 3. The van der Waals surface area contributed by atoms with Crippen LogP contribution in [0.4, 0.5) is 4.79 Å². The Bertz CT molecular complexity index is 193. The summed E-state index contributed by atoms with van der Waals surface area (Å²) < 4.78 is 4.27. The van der Waals surface area contributed by atoms with Crippen molar-refractivity contribution in [2.75, 3.05) is 7.11 Å². The van der Waals surface area contributed by atoms with Crippen LogP contribution in [0, 0.1) is 5.92 Å². The van der Waals surface area contributed by atoms with Crippen molar-refractivity contribution in [3.63, 3.8) is 0 Å². The molecule has 76 valence electrons. The van der Waals surface area contributed by atoms with Gasteiger partial charge >= 0.3 is 12.1 Å². The van der Waals surface area contributed by atoms with E-state index >= 15 is 0 Å². The molecule has 3 N–H and O–H groups in total. The van der Waals surface area contributed by atoms with Gasteiger partial charge in [-0.2, -0.15) is 5.48 Å². The molecule has 0 aliphatic carbocycles. The quantitative estimate of drug-likeness (QED) is 0.365. The summed E-state index contributed by atoms with van der Waals surface area (Å²) >= 11 is 0. The second-order valence-corrected chi connectivity index (χ2v) is 2.78. The summed E-state index contributed by atoms with van der Waals surface area (Å²) in [6, 6.07) is -0.803. The van der Waals surface area contributed by atoms with Crippen LogP contribution >= 0.6 is 0 Å². The number of ether oxygens (including phenoxy) is 1. The zero-order valence-electron chi connectivity index (χ0n) is 7.87. The number of carbonyl (C=O) groups excluding carboxylic acids is 2. The number of hydroxylamine groups is 1. The highest BCUT2D eigenvalue weighted by Crippen LogP contribution is 2.00. The van der Waals surface area contributed by atoms with Gasteiger partial charge in [-0.25, -0.2) is 9.59 Å². The molecule has 13 heavy (non-hydrogen) atoms. The first-order valence-electron chi connectivity index (χ1n) is 3.79. The minimum atomic E-state index is -0.969. The highest BCUT2D eigenvalue weighted by Gasteiger charge is 2.21. The maximum atomic E-state index is 11.0. The average molecular weight is 190 g/mol. The molecule has 0 heterocycles. The van der Waals surface area contributed by atoms with Gasteiger partial charge in [0.25, 0.3) is 0 Å². The minimum Gasteiger partial charge on any atom is -0.374 e. The van der Waals surface area contributed by atoms with Gasteiger partial charge in [-0.1, -0.05) is 13.8 Å². The smallest absolute Gasteiger partial charge is 0.374 e. The van der Waals surface area contributed by atoms with Gasteiger partial charge in [0, 0.05) is 0 Å². The maximum Gasteiger partial charge on any atom is 0.439 e. The summed E-state index contributed by atoms with van der Waals surface area (Å²) in [6.45, 7) is 3.50. The Kier molecular flexibility index (Phi) is 5.01. The fourth-order valence-electron chi connectivity index (χ4n) is 0.536. The van der Waals surface area contributed by atoms with E-state index in [0.717, 1.165) is 0 Å². The lowest BCUT2D eigenvalue weighted by Gasteiger charge is -2.12. The third kappa shape index (κ3) is 4.44. The summed E-state index contributed by atoms with van der Waals surface area (Å²) in [7, 11) is 1.23. The van der Waals surface area contributed by atoms with Crippen LogP contribution in [0.2, 0.25) is 0 Å². The Morgan fingerprint density at radius 1 is 1.38 bits per heavy atom. The van der Waals surface area contributed by atoms with E-state index in [4.69, 9.17) is 5.73 Å². The predicted molar refractivity (Wildman–Crippen MR) is 44.4 cm³/mol. The molecule has 0 saturated heterocycles. The van der Waals surface area contributed by atoms with Crippen molar-refractivity contribution in [1.82, 2.24) is 5.48 Å². The molecule has 0 aliphatic rings. The van der Waals surface area contributed by atoms with E-state index in [1.165, 1.54) is 7.11 Å². The number of esters is 1. The zero-order chi connectivity index (χ0) is 10.4. The van der Waals surface area contributed by atoms with Gasteiger partial charge in [0.2, 0.25) is 0 Å². The molecule has 1 unspecified atom stereocenters. The maximum absolute atomic E-state index is 11.0. The van der Waals surface area contributed by atoms with Crippen LogP contribution in [-0.4, -0.2) is 25.2 Å². The summed E-state index contributed by atoms with van der Waals surface area (Å²) in [5.74, 6) is -0.854. The fraction of sp³-hybridized carbons (Fsp3) is 0.714. The lowest BCUT2D eigenvalue weighted by atomic mass is 10.1. The average Bonchev–Trinajstić information content (AvgIpc) is 2.03. The molecule has 0 bridgehead atoms. The molecule has 0 rings (SSSR count). The molecule has 0 spiro atoms. The molecule has 0 aliphatic heterocycles. The largest absolute Gasteiger partial charge is 0.439 e. The van der Waals surface area contributed by atoms with E-state index in [-0.39, 0.29) is 5.92 Å². The number of nitrogens with two attached hydrogens (primary N) is 1. The van der Waals surface area contributed by atoms with Crippen LogP contribution in [0.3, 0.4) is 0 Å². The van der Waals surface area contributed by atoms with E-state index in [1.54, 1.807) is 13.8 Å². The second kappa shape index (κ2) is 5.50. The Morgan fingerprint density at radius 3 is 2.31 bits per heavy atom. The predicted octanol–water partition coefficient (Wildman–Crippen LogP) is -0.216. The van der Waals surface area contributed by atoms with Crippen LogP contribution in [-0.2, 0) is 14.4 Å². The van der Waals surface area contributed by atoms with Crippen molar-refractivity contribution < 1.29 is 19.2 Å². The number of carbonyl (C=O) groups is 2. The Labute approximate surface area is 76.3 Å². The first-order valence-corrected chi connectivity index (χ1v) is 3.79. The number of nitrogens with one attached hydrogen (secondary N) is 1. The molecule has 1 atom stereocenters. The molecule has 6 nitrogen and oxygen atoms in total. The van der Waals surface area contributed by atoms with Crippen LogP contribution < -0.4 is 11.2 Å². The van der Waals surface area contributed by atoms with Crippen LogP contribution in [0.1, 0.15) is 13.8 Å². The van der Waals surface area contributed by atoms with Gasteiger partial charge in [-0.15, -0.1) is 0 Å². The molecular formula is C7H14N2O4. The number of amides is 1. The van der Waals surface area contributed by atoms with E-state index in [9.17, 15) is 9.59 Å². The first kappa shape index (κ1) is 11.9. The fourth-order valence-corrected chi connectivity index (χ4v) is 0.536. The summed E-state index contributed by atoms with van der Waals surface area (Å²) in [5, 5.41) is 0. The normalized spacial score (nSPS) is 12.4. The molecule has 0 saturated carbocycles. The SMILES string of the molecule is CONC(=O)OC(=O)C(N)C(C)C. The van der Waals surface area contributed by atoms with Gasteiger partial charge in [0.05, 0.1) is 7.11 Å². The van der Waals surface area contributed by atoms with Crippen molar-refractivity contribution in [3.05, 3.63) is 0 Å². The third-order valence-corrected chi connectivity index (χ3v) is 1.37. The van der Waals surface area contributed by atoms with Gasteiger partial charge in [-0.3, -0.25) is 4.84 Å². The van der Waals surface area contributed by atoms with Crippen LogP contribution in [0.25, 0.3) is 0 Å². The number of hydrogen-bond donors (Lipinski definition) is 2. The van der Waals surface area contributed by atoms with Crippen molar-refractivity contribution >= 4 is 12.1 Å². The molecule has 1 amide bonds. The van der Waals surface area contributed by atoms with Gasteiger partial charge in [0.15, 0.2) is 0 Å². The molecule has 0 aromatic heterocycles. The minimum absolute atomic E-state index is 0.0807. The van der Waals surface area contributed by atoms with E-state index < -0.39 is 18.1 Å². The van der Waals surface area contributed by atoms with Crippen molar-refractivity contribution in [1.29, 1.82) is 0 Å². The lowest BCUT2D eigenvalue weighted by Crippen LogP contribution is -2.40. The molecule has 0 radical (unpaired) electrons. The van der Waals surface area contributed by atoms with Gasteiger partial charge in [-0.05, 0) is 5.92 Å². The van der Waals surface area contributed by atoms with Gasteiger partial charge < -0.3 is 10.5 Å². The third-order valence-electron chi connectivity index (χ3n) is 1.37. The highest BCUT2D eigenvalue weighted by molar-refractivity contribution is 5.87. The van der Waals surface area contributed by atoms with Crippen molar-refractivity contribution in [2.45, 2.75) is 19.9 Å². The Balaban J connectivity index is 3.93. The zero-order valence-corrected chi connectivity index (χ0v) is 7.87. The summed E-state index contributed by atoms with van der Waals surface area (Å²) in [4.78, 5) is 25.9. The van der Waals surface area contributed by atoms with E-state index in [2.05, 4.69) is 9.57 Å². The number of hydrogen-bond acceptors (Lipinski definition) is 5.